The second kappa shape index (κ2) is 6.55. The molecule has 0 aliphatic heterocycles. The van der Waals surface area contributed by atoms with Gasteiger partial charge in [-0.2, -0.15) is 0 Å². The number of carbonyl (C=O) groups is 1. The predicted molar refractivity (Wildman–Crippen MR) is 88.9 cm³/mol. The highest BCUT2D eigenvalue weighted by molar-refractivity contribution is 9.10. The average Bonchev–Trinajstić information content (AvgIpc) is 2.42. The summed E-state index contributed by atoms with van der Waals surface area (Å²) in [5, 5.41) is 3.02. The van der Waals surface area contributed by atoms with Gasteiger partial charge in [-0.15, -0.1) is 0 Å². The third-order valence-corrected chi connectivity index (χ3v) is 4.18. The van der Waals surface area contributed by atoms with Gasteiger partial charge in [-0.05, 0) is 49.2 Å². The number of benzene rings is 2. The number of amides is 1. The number of nitrogens with one attached hydrogen (secondary N) is 1. The van der Waals surface area contributed by atoms with Crippen molar-refractivity contribution in [3.8, 4) is 0 Å². The number of hydrogen-bond donors (Lipinski definition) is 1. The lowest BCUT2D eigenvalue weighted by Gasteiger charge is -2.15. The van der Waals surface area contributed by atoms with Gasteiger partial charge in [-0.3, -0.25) is 4.79 Å². The molecule has 2 aromatic rings. The first-order valence-corrected chi connectivity index (χ1v) is 7.88. The van der Waals surface area contributed by atoms with Gasteiger partial charge in [0.05, 0.1) is 6.04 Å². The minimum Gasteiger partial charge on any atom is -0.346 e. The largest absolute Gasteiger partial charge is 0.346 e. The first kappa shape index (κ1) is 15.3. The fourth-order valence-corrected chi connectivity index (χ4v) is 2.57. The summed E-state index contributed by atoms with van der Waals surface area (Å²) < 4.78 is 1.94. The fraction of sp³-hybridized carbons (Fsp3) is 0.188. The van der Waals surface area contributed by atoms with Crippen LogP contribution in [0.1, 0.15) is 34.5 Å². The molecule has 0 spiro atoms. The molecule has 0 bridgehead atoms. The lowest BCUT2D eigenvalue weighted by atomic mass is 10.1. The molecule has 2 aromatic carbocycles. The van der Waals surface area contributed by atoms with E-state index in [9.17, 15) is 4.79 Å². The lowest BCUT2D eigenvalue weighted by molar-refractivity contribution is 0.0939. The summed E-state index contributed by atoms with van der Waals surface area (Å²) in [5.41, 5.74) is 2.74. The highest BCUT2D eigenvalue weighted by atomic mass is 79.9. The number of halogens is 2. The van der Waals surface area contributed by atoms with Crippen molar-refractivity contribution in [2.45, 2.75) is 19.9 Å². The molecule has 1 unspecified atom stereocenters. The van der Waals surface area contributed by atoms with Crippen LogP contribution < -0.4 is 5.32 Å². The fourth-order valence-electron chi connectivity index (χ4n) is 1.95. The normalized spacial score (nSPS) is 12.0. The Morgan fingerprint density at radius 1 is 1.05 bits per heavy atom. The van der Waals surface area contributed by atoms with E-state index >= 15 is 0 Å². The van der Waals surface area contributed by atoms with Crippen molar-refractivity contribution in [1.82, 2.24) is 5.32 Å². The molecule has 0 fully saturated rings. The Hall–Kier alpha value is -1.13. The van der Waals surface area contributed by atoms with E-state index in [4.69, 9.17) is 0 Å². The van der Waals surface area contributed by atoms with Crippen LogP contribution in [0.25, 0.3) is 0 Å². The van der Waals surface area contributed by atoms with E-state index in [1.165, 1.54) is 0 Å². The molecule has 4 heteroatoms. The van der Waals surface area contributed by atoms with Crippen LogP contribution in [0, 0.1) is 6.92 Å². The molecule has 0 aliphatic carbocycles. The molecular formula is C16H15Br2NO. The van der Waals surface area contributed by atoms with E-state index < -0.39 is 0 Å². The first-order valence-electron chi connectivity index (χ1n) is 6.30. The van der Waals surface area contributed by atoms with Gasteiger partial charge >= 0.3 is 0 Å². The average molecular weight is 397 g/mol. The Balaban J connectivity index is 2.15. The van der Waals surface area contributed by atoms with E-state index in [1.54, 1.807) is 0 Å². The maximum atomic E-state index is 12.3. The summed E-state index contributed by atoms with van der Waals surface area (Å²) in [6.07, 6.45) is 0. The van der Waals surface area contributed by atoms with Gasteiger partial charge in [0.15, 0.2) is 0 Å². The number of hydrogen-bond acceptors (Lipinski definition) is 1. The van der Waals surface area contributed by atoms with Crippen LogP contribution in [0.3, 0.4) is 0 Å². The van der Waals surface area contributed by atoms with Gasteiger partial charge in [0.2, 0.25) is 0 Å². The molecule has 1 amide bonds. The van der Waals surface area contributed by atoms with Crippen molar-refractivity contribution in [3.63, 3.8) is 0 Å². The molecule has 0 heterocycles. The summed E-state index contributed by atoms with van der Waals surface area (Å²) in [6, 6.07) is 13.6. The van der Waals surface area contributed by atoms with E-state index in [-0.39, 0.29) is 11.9 Å². The van der Waals surface area contributed by atoms with Crippen LogP contribution in [0.2, 0.25) is 0 Å². The van der Waals surface area contributed by atoms with E-state index in [0.29, 0.717) is 5.56 Å². The Morgan fingerprint density at radius 3 is 2.30 bits per heavy atom. The smallest absolute Gasteiger partial charge is 0.252 e. The zero-order chi connectivity index (χ0) is 14.7. The number of rotatable bonds is 3. The molecule has 0 radical (unpaired) electrons. The maximum Gasteiger partial charge on any atom is 0.252 e. The molecule has 20 heavy (non-hydrogen) atoms. The maximum absolute atomic E-state index is 12.3. The van der Waals surface area contributed by atoms with Crippen LogP contribution in [0.15, 0.2) is 51.4 Å². The summed E-state index contributed by atoms with van der Waals surface area (Å²) in [4.78, 5) is 12.3. The minimum atomic E-state index is -0.0563. The Bertz CT molecular complexity index is 623. The quantitative estimate of drug-likeness (QED) is 0.775. The highest BCUT2D eigenvalue weighted by Crippen LogP contribution is 2.19. The SMILES string of the molecule is Cc1ccc(Br)cc1C(=O)NC(C)c1ccc(Br)cc1. The zero-order valence-electron chi connectivity index (χ0n) is 11.3. The number of carbonyl (C=O) groups excluding carboxylic acids is 1. The van der Waals surface area contributed by atoms with Gasteiger partial charge in [-0.1, -0.05) is 50.1 Å². The van der Waals surface area contributed by atoms with Crippen molar-refractivity contribution in [2.24, 2.45) is 0 Å². The molecule has 0 aliphatic rings. The molecule has 2 rings (SSSR count). The summed E-state index contributed by atoms with van der Waals surface area (Å²) in [7, 11) is 0. The third-order valence-electron chi connectivity index (χ3n) is 3.16. The first-order chi connectivity index (χ1) is 9.47. The monoisotopic (exact) mass is 395 g/mol. The molecule has 104 valence electrons. The Labute approximate surface area is 135 Å². The van der Waals surface area contributed by atoms with Gasteiger partial charge in [0.25, 0.3) is 5.91 Å². The summed E-state index contributed by atoms with van der Waals surface area (Å²) in [5.74, 6) is -0.0563. The highest BCUT2D eigenvalue weighted by Gasteiger charge is 2.13. The molecule has 1 atom stereocenters. The van der Waals surface area contributed by atoms with Gasteiger partial charge < -0.3 is 5.32 Å². The van der Waals surface area contributed by atoms with Gasteiger partial charge in [0.1, 0.15) is 0 Å². The standard InChI is InChI=1S/C16H15Br2NO/c1-10-3-6-14(18)9-15(10)16(20)19-11(2)12-4-7-13(17)8-5-12/h3-9,11H,1-2H3,(H,19,20). The van der Waals surface area contributed by atoms with Crippen molar-refractivity contribution in [1.29, 1.82) is 0 Å². The van der Waals surface area contributed by atoms with Crippen molar-refractivity contribution < 1.29 is 4.79 Å². The molecule has 0 saturated carbocycles. The third kappa shape index (κ3) is 3.70. The molecule has 2 nitrogen and oxygen atoms in total. The molecule has 1 N–H and O–H groups in total. The second-order valence-corrected chi connectivity index (χ2v) is 6.54. The Morgan fingerprint density at radius 2 is 1.65 bits per heavy atom. The Kier molecular flexibility index (Phi) is 5.00. The topological polar surface area (TPSA) is 29.1 Å². The summed E-state index contributed by atoms with van der Waals surface area (Å²) >= 11 is 6.81. The summed E-state index contributed by atoms with van der Waals surface area (Å²) in [6.45, 7) is 3.92. The van der Waals surface area contributed by atoms with Crippen molar-refractivity contribution >= 4 is 37.8 Å². The van der Waals surface area contributed by atoms with E-state index in [1.807, 2.05) is 56.3 Å². The lowest BCUT2D eigenvalue weighted by Crippen LogP contribution is -2.27. The zero-order valence-corrected chi connectivity index (χ0v) is 14.5. The second-order valence-electron chi connectivity index (χ2n) is 4.71. The van der Waals surface area contributed by atoms with Crippen molar-refractivity contribution in [3.05, 3.63) is 68.1 Å². The van der Waals surface area contributed by atoms with Crippen molar-refractivity contribution in [2.75, 3.05) is 0 Å². The molecule has 0 aromatic heterocycles. The number of aryl methyl sites for hydroxylation is 1. The van der Waals surface area contributed by atoms with Gasteiger partial charge in [0, 0.05) is 14.5 Å². The minimum absolute atomic E-state index is 0.0334. The predicted octanol–water partition coefficient (Wildman–Crippen LogP) is 5.01. The van der Waals surface area contributed by atoms with Crippen LogP contribution in [0.5, 0.6) is 0 Å². The van der Waals surface area contributed by atoms with Crippen LogP contribution in [-0.2, 0) is 0 Å². The van der Waals surface area contributed by atoms with E-state index in [2.05, 4.69) is 37.2 Å². The van der Waals surface area contributed by atoms with E-state index in [0.717, 1.165) is 20.1 Å². The van der Waals surface area contributed by atoms with Crippen LogP contribution in [-0.4, -0.2) is 5.91 Å². The van der Waals surface area contributed by atoms with Gasteiger partial charge in [-0.25, -0.2) is 0 Å². The van der Waals surface area contributed by atoms with Crippen LogP contribution >= 0.6 is 31.9 Å². The molecular weight excluding hydrogens is 382 g/mol. The van der Waals surface area contributed by atoms with Crippen LogP contribution in [0.4, 0.5) is 0 Å². The molecule has 0 saturated heterocycles.